The number of benzene rings is 2. The molecule has 2 saturated heterocycles. The molecule has 232 valence electrons. The number of aryl methyl sites for hydroxylation is 1. The third kappa shape index (κ3) is 6.26. The normalized spacial score (nSPS) is 16.6. The molecule has 4 aromatic rings. The summed E-state index contributed by atoms with van der Waals surface area (Å²) in [5.41, 5.74) is 5.01. The SMILES string of the molecule is COc1cc(N2CCC(N3CC(CO)C3)CC2)c(C)cc1Nc1ncc(Br)c(Nc2ccc3nccnc3c2P(C)(C)=O)n1. The third-order valence-electron chi connectivity index (χ3n) is 8.48. The molecule has 13 heteroatoms. The average molecular weight is 682 g/mol. The van der Waals surface area contributed by atoms with Gasteiger partial charge in [-0.25, -0.2) is 4.98 Å². The Labute approximate surface area is 266 Å². The summed E-state index contributed by atoms with van der Waals surface area (Å²) >= 11 is 3.56. The van der Waals surface area contributed by atoms with Crippen molar-refractivity contribution < 1.29 is 14.4 Å². The number of piperidine rings is 1. The van der Waals surface area contributed by atoms with E-state index in [-0.39, 0.29) is 0 Å². The minimum absolute atomic E-state index is 0.291. The van der Waals surface area contributed by atoms with Crippen LogP contribution in [-0.2, 0) is 4.57 Å². The zero-order valence-electron chi connectivity index (χ0n) is 25.4. The lowest BCUT2D eigenvalue weighted by atomic mass is 9.93. The molecule has 3 N–H and O–H groups in total. The van der Waals surface area contributed by atoms with Crippen LogP contribution in [0.2, 0.25) is 0 Å². The van der Waals surface area contributed by atoms with Crippen molar-refractivity contribution in [1.29, 1.82) is 0 Å². The third-order valence-corrected chi connectivity index (χ3v) is 10.6. The van der Waals surface area contributed by atoms with E-state index in [2.05, 4.69) is 70.4 Å². The van der Waals surface area contributed by atoms with Crippen LogP contribution in [0.5, 0.6) is 5.75 Å². The number of methoxy groups -OCH3 is 1. The molecule has 0 aliphatic carbocycles. The molecule has 6 rings (SSSR count). The maximum Gasteiger partial charge on any atom is 0.229 e. The Morgan fingerprint density at radius 3 is 2.52 bits per heavy atom. The fraction of sp³-hybridized carbons (Fsp3) is 0.419. The first kappa shape index (κ1) is 30.7. The molecule has 2 aliphatic heterocycles. The molecule has 44 heavy (non-hydrogen) atoms. The number of likely N-dealkylation sites (tertiary alicyclic amines) is 1. The van der Waals surface area contributed by atoms with Crippen molar-refractivity contribution in [3.05, 3.63) is 52.9 Å². The molecule has 0 amide bonds. The maximum atomic E-state index is 13.4. The van der Waals surface area contributed by atoms with E-state index in [0.29, 0.717) is 62.6 Å². The molecule has 2 aliphatic rings. The van der Waals surface area contributed by atoms with Crippen molar-refractivity contribution in [3.8, 4) is 5.75 Å². The minimum atomic E-state index is -2.74. The van der Waals surface area contributed by atoms with Crippen molar-refractivity contribution in [3.63, 3.8) is 0 Å². The molecular weight excluding hydrogens is 643 g/mol. The van der Waals surface area contributed by atoms with E-state index in [4.69, 9.17) is 9.72 Å². The number of ether oxygens (including phenoxy) is 1. The van der Waals surface area contributed by atoms with Crippen molar-refractivity contribution in [2.45, 2.75) is 25.8 Å². The number of nitrogens with one attached hydrogen (secondary N) is 2. The van der Waals surface area contributed by atoms with Gasteiger partial charge in [-0.15, -0.1) is 0 Å². The molecular formula is C31H38BrN8O3P. The van der Waals surface area contributed by atoms with Crippen LogP contribution in [0.3, 0.4) is 0 Å². The number of aromatic nitrogens is 4. The van der Waals surface area contributed by atoms with E-state index in [0.717, 1.165) is 56.0 Å². The van der Waals surface area contributed by atoms with Crippen LogP contribution in [0.25, 0.3) is 11.0 Å². The fourth-order valence-electron chi connectivity index (χ4n) is 6.21. The summed E-state index contributed by atoms with van der Waals surface area (Å²) in [5.74, 6) is 2.05. The lowest BCUT2D eigenvalue weighted by Gasteiger charge is -2.47. The van der Waals surface area contributed by atoms with Gasteiger partial charge < -0.3 is 29.9 Å². The molecule has 4 heterocycles. The van der Waals surface area contributed by atoms with Gasteiger partial charge in [-0.05, 0) is 72.8 Å². The summed E-state index contributed by atoms with van der Waals surface area (Å²) < 4.78 is 19.8. The number of nitrogens with zero attached hydrogens (tertiary/aromatic N) is 6. The molecule has 0 saturated carbocycles. The van der Waals surface area contributed by atoms with E-state index in [1.54, 1.807) is 39.0 Å². The first-order valence-corrected chi connectivity index (χ1v) is 18.2. The molecule has 0 radical (unpaired) electrons. The first-order valence-electron chi connectivity index (χ1n) is 14.8. The Bertz CT molecular complexity index is 1720. The smallest absolute Gasteiger partial charge is 0.229 e. The van der Waals surface area contributed by atoms with Gasteiger partial charge >= 0.3 is 0 Å². The number of rotatable bonds is 9. The number of anilines is 5. The van der Waals surface area contributed by atoms with Gasteiger partial charge in [0.25, 0.3) is 0 Å². The van der Waals surface area contributed by atoms with Crippen LogP contribution in [-0.4, -0.2) is 89.2 Å². The Morgan fingerprint density at radius 2 is 1.82 bits per heavy atom. The highest BCUT2D eigenvalue weighted by atomic mass is 79.9. The van der Waals surface area contributed by atoms with E-state index in [1.165, 1.54) is 0 Å². The van der Waals surface area contributed by atoms with Gasteiger partial charge in [-0.1, -0.05) is 0 Å². The molecule has 2 aromatic carbocycles. The Morgan fingerprint density at radius 1 is 1.07 bits per heavy atom. The Kier molecular flexibility index (Phi) is 8.79. The highest BCUT2D eigenvalue weighted by molar-refractivity contribution is 9.10. The number of hydrogen-bond donors (Lipinski definition) is 3. The first-order chi connectivity index (χ1) is 21.1. The summed E-state index contributed by atoms with van der Waals surface area (Å²) in [6.45, 7) is 9.85. The van der Waals surface area contributed by atoms with E-state index >= 15 is 0 Å². The summed E-state index contributed by atoms with van der Waals surface area (Å²) in [7, 11) is -1.07. The molecule has 0 atom stereocenters. The second-order valence-electron chi connectivity index (χ2n) is 11.9. The van der Waals surface area contributed by atoms with Crippen molar-refractivity contribution >= 4 is 68.2 Å². The van der Waals surface area contributed by atoms with Crippen LogP contribution in [0.15, 0.2) is 47.3 Å². The number of hydrogen-bond acceptors (Lipinski definition) is 11. The van der Waals surface area contributed by atoms with Gasteiger partial charge in [0.05, 0.1) is 33.8 Å². The summed E-state index contributed by atoms with van der Waals surface area (Å²) in [5, 5.41) is 16.7. The Balaban J connectivity index is 1.21. The zero-order chi connectivity index (χ0) is 31.0. The van der Waals surface area contributed by atoms with E-state index in [9.17, 15) is 9.67 Å². The van der Waals surface area contributed by atoms with Crippen molar-refractivity contribution in [2.24, 2.45) is 5.92 Å². The van der Waals surface area contributed by atoms with Gasteiger partial charge in [-0.2, -0.15) is 4.98 Å². The second-order valence-corrected chi connectivity index (χ2v) is 15.9. The molecule has 2 fully saturated rings. The topological polar surface area (TPSA) is 129 Å². The summed E-state index contributed by atoms with van der Waals surface area (Å²) in [4.78, 5) is 23.0. The molecule has 2 aromatic heterocycles. The van der Waals surface area contributed by atoms with Gasteiger partial charge in [0.2, 0.25) is 5.95 Å². The minimum Gasteiger partial charge on any atom is -0.494 e. The molecule has 0 bridgehead atoms. The van der Waals surface area contributed by atoms with Crippen LogP contribution >= 0.6 is 23.1 Å². The second kappa shape index (κ2) is 12.6. The van der Waals surface area contributed by atoms with Crippen molar-refractivity contribution in [1.82, 2.24) is 24.8 Å². The van der Waals surface area contributed by atoms with Crippen LogP contribution in [0.4, 0.5) is 28.8 Å². The highest BCUT2D eigenvalue weighted by Crippen LogP contribution is 2.42. The lowest BCUT2D eigenvalue weighted by Crippen LogP contribution is -2.56. The van der Waals surface area contributed by atoms with Gasteiger partial charge in [0.15, 0.2) is 0 Å². The summed E-state index contributed by atoms with van der Waals surface area (Å²) in [6.07, 6.45) is 7.13. The number of fused-ring (bicyclic) bond motifs is 1. The average Bonchev–Trinajstić information content (AvgIpc) is 2.98. The van der Waals surface area contributed by atoms with Gasteiger partial charge in [0.1, 0.15) is 24.2 Å². The number of halogens is 1. The predicted octanol–water partition coefficient (Wildman–Crippen LogP) is 5.13. The largest absolute Gasteiger partial charge is 0.494 e. The Hall–Kier alpha value is -3.31. The van der Waals surface area contributed by atoms with Crippen LogP contribution in [0.1, 0.15) is 18.4 Å². The fourth-order valence-corrected chi connectivity index (χ4v) is 7.89. The lowest BCUT2D eigenvalue weighted by molar-refractivity contribution is 0.0116. The predicted molar refractivity (Wildman–Crippen MR) is 180 cm³/mol. The van der Waals surface area contributed by atoms with Crippen LogP contribution < -0.4 is 25.6 Å². The monoisotopic (exact) mass is 680 g/mol. The van der Waals surface area contributed by atoms with E-state index < -0.39 is 7.14 Å². The quantitative estimate of drug-likeness (QED) is 0.204. The molecule has 0 unspecified atom stereocenters. The summed E-state index contributed by atoms with van der Waals surface area (Å²) in [6, 6.07) is 8.47. The van der Waals surface area contributed by atoms with E-state index in [1.807, 2.05) is 12.1 Å². The van der Waals surface area contributed by atoms with Gasteiger partial charge in [-0.3, -0.25) is 14.9 Å². The number of aliphatic hydroxyl groups is 1. The zero-order valence-corrected chi connectivity index (χ0v) is 27.9. The van der Waals surface area contributed by atoms with Gasteiger partial charge in [0, 0.05) is 75.1 Å². The molecule has 11 nitrogen and oxygen atoms in total. The highest BCUT2D eigenvalue weighted by Gasteiger charge is 2.34. The molecule has 0 spiro atoms. The standard InChI is InChI=1S/C31H38BrN8O3P/c1-19-13-25(27(43-2)14-26(19)39-11-7-21(8-12-39)40-16-20(17-40)18-41)37-31-35-15-22(32)30(38-31)36-24-6-5-23-28(34-10-9-33-23)29(24)44(3,4)42/h5-6,9-10,13-15,20-21,41H,7-8,11-12,16-18H2,1-4H3,(H2,35,36,37,38). The maximum absolute atomic E-state index is 13.4. The van der Waals surface area contributed by atoms with Crippen molar-refractivity contribution in [2.75, 3.05) is 68.8 Å². The number of aliphatic hydroxyl groups excluding tert-OH is 1. The van der Waals surface area contributed by atoms with Crippen LogP contribution in [0, 0.1) is 12.8 Å².